The number of amides is 1. The maximum Gasteiger partial charge on any atom is 0.293 e. The van der Waals surface area contributed by atoms with Crippen molar-refractivity contribution >= 4 is 23.5 Å². The smallest absolute Gasteiger partial charge is 0.293 e. The van der Waals surface area contributed by atoms with Crippen molar-refractivity contribution in [2.24, 2.45) is 0 Å². The molecule has 1 aliphatic rings. The van der Waals surface area contributed by atoms with Crippen LogP contribution in [-0.4, -0.2) is 47.3 Å². The second-order valence-corrected chi connectivity index (χ2v) is 8.37. The van der Waals surface area contributed by atoms with E-state index in [1.807, 2.05) is 30.3 Å². The zero-order valence-corrected chi connectivity index (χ0v) is 19.9. The predicted octanol–water partition coefficient (Wildman–Crippen LogP) is 2.45. The van der Waals surface area contributed by atoms with Crippen LogP contribution in [0.4, 0.5) is 5.95 Å². The van der Waals surface area contributed by atoms with Crippen LogP contribution < -0.4 is 20.5 Å². The van der Waals surface area contributed by atoms with Crippen LogP contribution in [0.1, 0.15) is 22.4 Å². The minimum absolute atomic E-state index is 0.130. The summed E-state index contributed by atoms with van der Waals surface area (Å²) < 4.78 is 6.66. The Labute approximate surface area is 207 Å². The highest BCUT2D eigenvalue weighted by molar-refractivity contribution is 6.30. The molecular weight excluding hydrogens is 470 g/mol. The number of rotatable bonds is 8. The number of hydrogen-bond donors (Lipinski definition) is 1. The molecule has 0 aliphatic carbocycles. The summed E-state index contributed by atoms with van der Waals surface area (Å²) in [6, 6.07) is 16.1. The molecule has 35 heavy (non-hydrogen) atoms. The van der Waals surface area contributed by atoms with Crippen molar-refractivity contribution in [2.45, 2.75) is 19.4 Å². The second kappa shape index (κ2) is 10.9. The van der Waals surface area contributed by atoms with Crippen molar-refractivity contribution < 1.29 is 14.4 Å². The Morgan fingerprint density at radius 1 is 1.20 bits per heavy atom. The Morgan fingerprint density at radius 3 is 2.63 bits per heavy atom. The van der Waals surface area contributed by atoms with Gasteiger partial charge in [0.05, 0.1) is 29.4 Å². The van der Waals surface area contributed by atoms with E-state index in [-0.39, 0.29) is 24.6 Å². The largest absolute Gasteiger partial charge is 0.484 e. The molecule has 1 amide bonds. The van der Waals surface area contributed by atoms with Gasteiger partial charge >= 0.3 is 0 Å². The third-order valence-electron chi connectivity index (χ3n) is 5.68. The number of nitrogens with zero attached hydrogens (tertiary/aromatic N) is 4. The zero-order valence-electron chi connectivity index (χ0n) is 19.2. The zero-order chi connectivity index (χ0) is 24.8. The van der Waals surface area contributed by atoms with Crippen LogP contribution in [0.15, 0.2) is 53.3 Å². The van der Waals surface area contributed by atoms with Crippen LogP contribution in [0.5, 0.6) is 5.75 Å². The quantitative estimate of drug-likeness (QED) is 0.513. The highest BCUT2D eigenvalue weighted by Gasteiger charge is 2.27. The topological polar surface area (TPSA) is 109 Å². The number of halogens is 1. The molecule has 0 saturated carbocycles. The summed E-state index contributed by atoms with van der Waals surface area (Å²) in [4.78, 5) is 37.3. The molecule has 3 aromatic rings. The molecule has 0 radical (unpaired) electrons. The SMILES string of the molecule is COn1c(NCCc2ccc(Cl)cc2)nc2c(c1=O)CN(C(=O)COc1ccc(C#N)cc1)CC2. The lowest BCUT2D eigenvalue weighted by molar-refractivity contribution is -0.134. The van der Waals surface area contributed by atoms with Gasteiger partial charge in [0, 0.05) is 24.5 Å². The Balaban J connectivity index is 1.40. The van der Waals surface area contributed by atoms with E-state index in [4.69, 9.17) is 26.4 Å². The maximum absolute atomic E-state index is 13.1. The van der Waals surface area contributed by atoms with Crippen molar-refractivity contribution in [2.75, 3.05) is 32.1 Å². The standard InChI is InChI=1S/C25H24ClN5O4/c1-34-31-24(33)21-15-30(23(32)16-35-20-8-4-18(14-27)5-9-20)13-11-22(21)29-25(31)28-12-10-17-2-6-19(26)7-3-17/h2-9H,10-13,15-16H2,1H3,(H,28,29). The molecule has 0 bridgehead atoms. The lowest BCUT2D eigenvalue weighted by Gasteiger charge is -2.28. The Bertz CT molecular complexity index is 1300. The molecule has 1 aliphatic heterocycles. The fraction of sp³-hybridized carbons (Fsp3) is 0.280. The number of hydrogen-bond acceptors (Lipinski definition) is 7. The molecule has 1 aromatic heterocycles. The monoisotopic (exact) mass is 493 g/mol. The molecule has 0 saturated heterocycles. The van der Waals surface area contributed by atoms with Crippen molar-refractivity contribution in [3.63, 3.8) is 0 Å². The molecule has 0 spiro atoms. The van der Waals surface area contributed by atoms with Gasteiger partial charge in [-0.05, 0) is 48.4 Å². The molecular formula is C25H24ClN5O4. The van der Waals surface area contributed by atoms with E-state index in [2.05, 4.69) is 10.3 Å². The van der Waals surface area contributed by atoms with Gasteiger partial charge in [0.25, 0.3) is 11.5 Å². The number of carbonyl (C=O) groups is 1. The Morgan fingerprint density at radius 2 is 1.94 bits per heavy atom. The van der Waals surface area contributed by atoms with Crippen molar-refractivity contribution in [1.29, 1.82) is 5.26 Å². The second-order valence-electron chi connectivity index (χ2n) is 7.94. The van der Waals surface area contributed by atoms with Crippen LogP contribution in [0.3, 0.4) is 0 Å². The van der Waals surface area contributed by atoms with Crippen molar-refractivity contribution in [1.82, 2.24) is 14.6 Å². The molecule has 10 heteroatoms. The average Bonchev–Trinajstić information content (AvgIpc) is 2.88. The van der Waals surface area contributed by atoms with Gasteiger partial charge in [-0.25, -0.2) is 4.98 Å². The third-order valence-corrected chi connectivity index (χ3v) is 5.93. The molecule has 0 unspecified atom stereocenters. The van der Waals surface area contributed by atoms with Crippen LogP contribution in [-0.2, 0) is 24.2 Å². The fourth-order valence-corrected chi connectivity index (χ4v) is 3.91. The highest BCUT2D eigenvalue weighted by Crippen LogP contribution is 2.18. The van der Waals surface area contributed by atoms with E-state index in [0.717, 1.165) is 16.7 Å². The number of aromatic nitrogens is 2. The van der Waals surface area contributed by atoms with E-state index in [1.165, 1.54) is 7.11 Å². The van der Waals surface area contributed by atoms with E-state index in [1.54, 1.807) is 29.2 Å². The van der Waals surface area contributed by atoms with E-state index in [9.17, 15) is 9.59 Å². The Kier molecular flexibility index (Phi) is 7.53. The molecule has 1 N–H and O–H groups in total. The first-order chi connectivity index (χ1) is 17.0. The highest BCUT2D eigenvalue weighted by atomic mass is 35.5. The van der Waals surface area contributed by atoms with Gasteiger partial charge in [0.2, 0.25) is 5.95 Å². The summed E-state index contributed by atoms with van der Waals surface area (Å²) in [5.74, 6) is 0.579. The van der Waals surface area contributed by atoms with Crippen LogP contribution in [0.25, 0.3) is 0 Å². The predicted molar refractivity (Wildman–Crippen MR) is 130 cm³/mol. The lowest BCUT2D eigenvalue weighted by atomic mass is 10.1. The van der Waals surface area contributed by atoms with Gasteiger partial charge in [-0.1, -0.05) is 23.7 Å². The number of anilines is 1. The summed E-state index contributed by atoms with van der Waals surface area (Å²) >= 11 is 5.93. The fourth-order valence-electron chi connectivity index (χ4n) is 3.78. The maximum atomic E-state index is 13.1. The molecule has 2 aromatic carbocycles. The number of ether oxygens (including phenoxy) is 1. The summed E-state index contributed by atoms with van der Waals surface area (Å²) in [6.45, 7) is 0.937. The Hall–Kier alpha value is -4.03. The number of fused-ring (bicyclic) bond motifs is 1. The molecule has 2 heterocycles. The first kappa shape index (κ1) is 24.1. The van der Waals surface area contributed by atoms with Gasteiger partial charge < -0.3 is 19.8 Å². The van der Waals surface area contributed by atoms with Crippen LogP contribution in [0, 0.1) is 11.3 Å². The first-order valence-electron chi connectivity index (χ1n) is 11.1. The van der Waals surface area contributed by atoms with Gasteiger partial charge in [0.1, 0.15) is 12.9 Å². The number of benzene rings is 2. The normalized spacial score (nSPS) is 12.4. The van der Waals surface area contributed by atoms with E-state index < -0.39 is 0 Å². The lowest BCUT2D eigenvalue weighted by Crippen LogP contribution is -2.44. The molecule has 0 fully saturated rings. The summed E-state index contributed by atoms with van der Waals surface area (Å²) in [5.41, 5.74) is 2.33. The third kappa shape index (κ3) is 5.73. The molecule has 180 valence electrons. The summed E-state index contributed by atoms with van der Waals surface area (Å²) in [7, 11) is 1.40. The van der Waals surface area contributed by atoms with E-state index >= 15 is 0 Å². The minimum atomic E-state index is -0.350. The van der Waals surface area contributed by atoms with Crippen molar-refractivity contribution in [3.05, 3.63) is 86.3 Å². The van der Waals surface area contributed by atoms with Crippen LogP contribution in [0.2, 0.25) is 5.02 Å². The molecule has 9 nitrogen and oxygen atoms in total. The minimum Gasteiger partial charge on any atom is -0.484 e. The van der Waals surface area contributed by atoms with Gasteiger partial charge in [-0.3, -0.25) is 9.59 Å². The van der Waals surface area contributed by atoms with Gasteiger partial charge in [-0.15, -0.1) is 4.73 Å². The molecule has 4 rings (SSSR count). The van der Waals surface area contributed by atoms with Crippen LogP contribution >= 0.6 is 11.6 Å². The summed E-state index contributed by atoms with van der Waals surface area (Å²) in [6.07, 6.45) is 1.17. The molecule has 0 atom stereocenters. The van der Waals surface area contributed by atoms with Gasteiger partial charge in [0.15, 0.2) is 6.61 Å². The number of carbonyl (C=O) groups excluding carboxylic acids is 1. The summed E-state index contributed by atoms with van der Waals surface area (Å²) in [5, 5.41) is 12.7. The van der Waals surface area contributed by atoms with E-state index in [0.29, 0.717) is 53.1 Å². The average molecular weight is 494 g/mol. The van der Waals surface area contributed by atoms with Gasteiger partial charge in [-0.2, -0.15) is 5.26 Å². The number of nitrogens with one attached hydrogen (secondary N) is 1. The van der Waals surface area contributed by atoms with Crippen molar-refractivity contribution in [3.8, 4) is 11.8 Å². The first-order valence-corrected chi connectivity index (χ1v) is 11.4. The number of nitriles is 1.